The van der Waals surface area contributed by atoms with E-state index >= 15 is 0 Å². The van der Waals surface area contributed by atoms with Crippen molar-refractivity contribution in [3.63, 3.8) is 0 Å². The van der Waals surface area contributed by atoms with Crippen molar-refractivity contribution in [2.75, 3.05) is 26.7 Å². The van der Waals surface area contributed by atoms with Gasteiger partial charge in [-0.2, -0.15) is 0 Å². The third-order valence-electron chi connectivity index (χ3n) is 5.64. The molecule has 2 saturated heterocycles. The highest BCUT2D eigenvalue weighted by atomic mass is 16.7. The molecule has 0 saturated carbocycles. The smallest absolute Gasteiger partial charge is 0.305 e. The Hall–Kier alpha value is -1.79. The number of carbonyl (C=O) groups is 1. The molecule has 0 radical (unpaired) electrons. The largest absolute Gasteiger partial charge is 0.463 e. The van der Waals surface area contributed by atoms with Gasteiger partial charge in [-0.3, -0.25) is 4.79 Å². The number of aliphatic hydroxyl groups excluding tert-OH is 1. The van der Waals surface area contributed by atoms with E-state index in [1.165, 1.54) is 6.34 Å². The number of hydrogen-bond donors (Lipinski definition) is 2. The van der Waals surface area contributed by atoms with Crippen LogP contribution in [0.4, 0.5) is 0 Å². The van der Waals surface area contributed by atoms with E-state index < -0.39 is 24.7 Å². The lowest BCUT2D eigenvalue weighted by molar-refractivity contribution is -0.219. The fraction of sp³-hybridized carbons (Fsp3) is 0.857. The molecule has 0 aromatic heterocycles. The van der Waals surface area contributed by atoms with E-state index in [0.717, 1.165) is 38.5 Å². The van der Waals surface area contributed by atoms with Crippen molar-refractivity contribution in [2.24, 2.45) is 15.7 Å². The zero-order valence-corrected chi connectivity index (χ0v) is 18.8. The van der Waals surface area contributed by atoms with Crippen LogP contribution < -0.4 is 5.73 Å². The Morgan fingerprint density at radius 3 is 3.03 bits per heavy atom. The van der Waals surface area contributed by atoms with Crippen LogP contribution in [0.1, 0.15) is 58.3 Å². The number of unbranched alkanes of at least 4 members (excludes halogenated alkanes) is 2. The third kappa shape index (κ3) is 7.96. The van der Waals surface area contributed by atoms with E-state index in [4.69, 9.17) is 29.4 Å². The number of nitrogens with two attached hydrogens (primary N) is 1. The van der Waals surface area contributed by atoms with E-state index in [-0.39, 0.29) is 44.7 Å². The molecule has 2 fully saturated rings. The first kappa shape index (κ1) is 24.8. The van der Waals surface area contributed by atoms with Gasteiger partial charge in [0.15, 0.2) is 6.29 Å². The first-order valence-corrected chi connectivity index (χ1v) is 11.5. The van der Waals surface area contributed by atoms with Gasteiger partial charge >= 0.3 is 5.97 Å². The van der Waals surface area contributed by atoms with Crippen molar-refractivity contribution in [3.8, 4) is 0 Å². The average Bonchev–Trinajstić information content (AvgIpc) is 3.14. The summed E-state index contributed by atoms with van der Waals surface area (Å²) < 4.78 is 28.5. The fourth-order valence-electron chi connectivity index (χ4n) is 3.78. The highest BCUT2D eigenvalue weighted by Crippen LogP contribution is 2.26. The molecule has 11 nitrogen and oxygen atoms in total. The van der Waals surface area contributed by atoms with Gasteiger partial charge in [0, 0.05) is 12.8 Å². The summed E-state index contributed by atoms with van der Waals surface area (Å²) in [5.41, 5.74) is 5.62. The fourth-order valence-corrected chi connectivity index (χ4v) is 3.78. The normalized spacial score (nSPS) is 31.1. The highest BCUT2D eigenvalue weighted by Gasteiger charge is 2.38. The molecule has 5 unspecified atom stereocenters. The van der Waals surface area contributed by atoms with Crippen molar-refractivity contribution in [2.45, 2.75) is 89.1 Å². The summed E-state index contributed by atoms with van der Waals surface area (Å²) in [4.78, 5) is 21.5. The highest BCUT2D eigenvalue weighted by molar-refractivity contribution is 5.85. The maximum atomic E-state index is 11.8. The first-order chi connectivity index (χ1) is 15.5. The zero-order valence-electron chi connectivity index (χ0n) is 18.8. The van der Waals surface area contributed by atoms with Crippen LogP contribution in [0.25, 0.3) is 0 Å². The Kier molecular flexibility index (Phi) is 10.1. The van der Waals surface area contributed by atoms with Gasteiger partial charge in [0.05, 0.1) is 25.2 Å². The van der Waals surface area contributed by atoms with E-state index in [1.807, 2.05) is 0 Å². The molecule has 32 heavy (non-hydrogen) atoms. The van der Waals surface area contributed by atoms with Crippen LogP contribution in [0.5, 0.6) is 0 Å². The zero-order chi connectivity index (χ0) is 22.8. The topological polar surface area (TPSA) is 137 Å². The quantitative estimate of drug-likeness (QED) is 0.365. The molecular formula is C21H36N4O7. The molecule has 0 amide bonds. The summed E-state index contributed by atoms with van der Waals surface area (Å²) in [5, 5.41) is 10.4. The number of rotatable bonds is 10. The monoisotopic (exact) mass is 456 g/mol. The van der Waals surface area contributed by atoms with Gasteiger partial charge in [-0.15, -0.1) is 0 Å². The van der Waals surface area contributed by atoms with Gasteiger partial charge in [0.25, 0.3) is 0 Å². The maximum Gasteiger partial charge on any atom is 0.305 e. The number of guanidine groups is 1. The minimum atomic E-state index is -0.687. The summed E-state index contributed by atoms with van der Waals surface area (Å²) in [6.45, 7) is 2.89. The number of aliphatic hydroxyl groups is 1. The van der Waals surface area contributed by atoms with Crippen LogP contribution in [0.2, 0.25) is 0 Å². The third-order valence-corrected chi connectivity index (χ3v) is 5.64. The van der Waals surface area contributed by atoms with Gasteiger partial charge in [-0.25, -0.2) is 9.98 Å². The minimum Gasteiger partial charge on any atom is -0.463 e. The Bertz CT molecular complexity index is 648. The van der Waals surface area contributed by atoms with Gasteiger partial charge < -0.3 is 39.4 Å². The number of aliphatic imine (C=N–C) groups is 2. The molecule has 0 spiro atoms. The number of carbonyl (C=O) groups excluding carboxylic acids is 1. The Morgan fingerprint density at radius 1 is 1.31 bits per heavy atom. The molecule has 0 aliphatic carbocycles. The summed E-state index contributed by atoms with van der Waals surface area (Å²) in [6, 6.07) is 0. The average molecular weight is 457 g/mol. The summed E-state index contributed by atoms with van der Waals surface area (Å²) in [6.07, 6.45) is 5.63. The summed E-state index contributed by atoms with van der Waals surface area (Å²) >= 11 is 0. The van der Waals surface area contributed by atoms with E-state index in [9.17, 15) is 9.90 Å². The molecule has 0 aromatic rings. The van der Waals surface area contributed by atoms with Crippen LogP contribution in [-0.2, 0) is 28.5 Å². The van der Waals surface area contributed by atoms with Gasteiger partial charge in [-0.1, -0.05) is 19.8 Å². The number of ether oxygens (including phenoxy) is 5. The molecule has 11 heteroatoms. The number of esters is 1. The van der Waals surface area contributed by atoms with E-state index in [2.05, 4.69) is 16.9 Å². The van der Waals surface area contributed by atoms with Crippen molar-refractivity contribution in [1.29, 1.82) is 0 Å². The molecule has 5 atom stereocenters. The van der Waals surface area contributed by atoms with Crippen molar-refractivity contribution < 1.29 is 33.6 Å². The van der Waals surface area contributed by atoms with Crippen LogP contribution >= 0.6 is 0 Å². The predicted octanol–water partition coefficient (Wildman–Crippen LogP) is 1.09. The van der Waals surface area contributed by atoms with Crippen LogP contribution in [0.3, 0.4) is 0 Å². The van der Waals surface area contributed by atoms with Crippen LogP contribution in [0, 0.1) is 0 Å². The molecule has 3 heterocycles. The van der Waals surface area contributed by atoms with E-state index in [1.54, 1.807) is 4.90 Å². The molecule has 0 bridgehead atoms. The molecule has 182 valence electrons. The first-order valence-electron chi connectivity index (χ1n) is 11.5. The van der Waals surface area contributed by atoms with Gasteiger partial charge in [0.1, 0.15) is 32.4 Å². The second kappa shape index (κ2) is 13.0. The second-order valence-electron chi connectivity index (χ2n) is 8.26. The lowest BCUT2D eigenvalue weighted by atomic mass is 10.1. The van der Waals surface area contributed by atoms with Crippen molar-refractivity contribution in [1.82, 2.24) is 4.90 Å². The molecule has 3 aliphatic rings. The van der Waals surface area contributed by atoms with Crippen LogP contribution in [-0.4, -0.2) is 85.8 Å². The van der Waals surface area contributed by atoms with Gasteiger partial charge in [-0.05, 0) is 25.7 Å². The molecule has 3 rings (SSSR count). The van der Waals surface area contributed by atoms with Crippen LogP contribution in [0.15, 0.2) is 9.98 Å². The molecule has 3 aliphatic heterocycles. The standard InChI is InChI=1S/C21H36N4O7/c1-2-3-4-7-19(27)29-10-15-6-5-8-20(31-15)30-11-17-16(26)9-18(32-17)25-12-23-21(22)24-13-28-14-25/h12,15-18,20,26H,2-11,13-14H2,1H3,(H2,22,24). The molecular weight excluding hydrogens is 420 g/mol. The van der Waals surface area contributed by atoms with Crippen molar-refractivity contribution in [3.05, 3.63) is 0 Å². The lowest BCUT2D eigenvalue weighted by Gasteiger charge is -2.31. The number of nitrogens with zero attached hydrogens (tertiary/aromatic N) is 3. The number of hydrogen-bond acceptors (Lipinski definition) is 11. The Balaban J connectivity index is 1.38. The predicted molar refractivity (Wildman–Crippen MR) is 116 cm³/mol. The van der Waals surface area contributed by atoms with E-state index in [0.29, 0.717) is 12.8 Å². The summed E-state index contributed by atoms with van der Waals surface area (Å²) in [7, 11) is 0. The lowest BCUT2D eigenvalue weighted by Crippen LogP contribution is -2.38. The van der Waals surface area contributed by atoms with Crippen molar-refractivity contribution >= 4 is 18.3 Å². The Labute approximate surface area is 188 Å². The second-order valence-corrected chi connectivity index (χ2v) is 8.26. The summed E-state index contributed by atoms with van der Waals surface area (Å²) in [5.74, 6) is -0.0489. The SMILES string of the molecule is CCCCCC(=O)OCC1CCCC(OCC2OC(N3C=NC(N)=NCOC3)CC2O)O1. The molecule has 0 aromatic carbocycles. The maximum absolute atomic E-state index is 11.8. The minimum absolute atomic E-state index is 0.121. The molecule has 3 N–H and O–H groups in total. The van der Waals surface area contributed by atoms with Gasteiger partial charge in [0.2, 0.25) is 5.96 Å². The Morgan fingerprint density at radius 2 is 2.19 bits per heavy atom.